The van der Waals surface area contributed by atoms with Crippen LogP contribution >= 0.6 is 95.5 Å². The van der Waals surface area contributed by atoms with Gasteiger partial charge in [0.2, 0.25) is 0 Å². The molecule has 8 rings (SSSR count). The molecule has 0 nitrogen and oxygen atoms in total. The molecule has 0 aliphatic carbocycles. The molecule has 0 aromatic heterocycles. The molecule has 0 saturated carbocycles. The van der Waals surface area contributed by atoms with Gasteiger partial charge in [0.05, 0.1) is 10.7 Å². The van der Waals surface area contributed by atoms with Crippen LogP contribution in [-0.4, -0.2) is 52.9 Å². The summed E-state index contributed by atoms with van der Waals surface area (Å²) in [4.78, 5) is 0. The third-order valence-electron chi connectivity index (χ3n) is 10.1. The van der Waals surface area contributed by atoms with Crippen LogP contribution in [0.5, 0.6) is 0 Å². The minimum absolute atomic E-state index is 0. The first-order chi connectivity index (χ1) is 35.2. The molecule has 0 saturated heterocycles. The van der Waals surface area contributed by atoms with Gasteiger partial charge in [0.1, 0.15) is 0 Å². The molecule has 0 N–H and O–H groups in total. The van der Waals surface area contributed by atoms with Crippen molar-refractivity contribution >= 4 is 156 Å². The van der Waals surface area contributed by atoms with E-state index >= 15 is 0 Å². The Morgan fingerprint density at radius 3 is 0.466 bits per heavy atom. The largest absolute Gasteiger partial charge is 2.00 e. The maximum absolute atomic E-state index is 4.76. The van der Waals surface area contributed by atoms with E-state index in [4.69, 9.17) is 46.4 Å². The Kier molecular flexibility index (Phi) is 39.8. The maximum Gasteiger partial charge on any atom is 2.00 e. The van der Waals surface area contributed by atoms with Gasteiger partial charge in [-0.05, 0) is 98.8 Å². The molecule has 0 spiro atoms. The number of benzene rings is 8. The molecular formula is C60H64Cl4MoP6Si2. The molecule has 0 atom stereocenters. The minimum Gasteiger partial charge on any atom is -0.109 e. The molecule has 13 heteroatoms. The van der Waals surface area contributed by atoms with Crippen LogP contribution in [0, 0.1) is 10.5 Å². The average molecular weight is 1260 g/mol. The fraction of sp³-hybridized carbons (Fsp3) is 0.167. The van der Waals surface area contributed by atoms with E-state index in [1.165, 1.54) is 67.1 Å². The van der Waals surface area contributed by atoms with Crippen molar-refractivity contribution < 1.29 is 21.1 Å². The normalized spacial score (nSPS) is 10.0. The molecule has 0 unspecified atom stereocenters. The molecule has 376 valence electrons. The second-order valence-corrected chi connectivity index (χ2v) is 32.5. The van der Waals surface area contributed by atoms with Crippen molar-refractivity contribution in [2.24, 2.45) is 0 Å². The summed E-state index contributed by atoms with van der Waals surface area (Å²) in [5.74, 6) is 0. The summed E-state index contributed by atoms with van der Waals surface area (Å²) in [6.45, 7) is 8.55. The van der Waals surface area contributed by atoms with Gasteiger partial charge in [-0.2, -0.15) is 0 Å². The van der Waals surface area contributed by atoms with Crippen molar-refractivity contribution in [3.63, 3.8) is 0 Å². The van der Waals surface area contributed by atoms with Gasteiger partial charge in [0, 0.05) is 0 Å². The van der Waals surface area contributed by atoms with Crippen LogP contribution in [0.4, 0.5) is 0 Å². The van der Waals surface area contributed by atoms with E-state index in [1.54, 1.807) is 0 Å². The molecule has 73 heavy (non-hydrogen) atoms. The van der Waals surface area contributed by atoms with Crippen LogP contribution in [0.3, 0.4) is 0 Å². The average Bonchev–Trinajstić information content (AvgIpc) is 3.44. The van der Waals surface area contributed by atoms with E-state index in [0.717, 1.165) is 0 Å². The Balaban J connectivity index is 0.000000383. The van der Waals surface area contributed by atoms with E-state index in [1.807, 2.05) is 0 Å². The van der Waals surface area contributed by atoms with Crippen molar-refractivity contribution in [3.05, 3.63) is 243 Å². The molecule has 0 radical (unpaired) electrons. The van der Waals surface area contributed by atoms with E-state index < -0.39 is 0 Å². The Hall–Kier alpha value is -1.82. The standard InChI is InChI=1S/2C26H24P2.2C3H6PSi.2CH2Cl2.Mo/c2*1-5-13-23(14-6-1)27(24-15-7-2-8-16-24)21-22-28(25-17-9-3-10-18-25)26-19-11-4-12-20-26;2*1-5(2)3-4;2*2-1-3;/h2*1-20H,21-22H2;2*1-2H3;2*1H2;/q;;2*-1;;;+2. The second-order valence-electron chi connectivity index (χ2n) is 15.7. The van der Waals surface area contributed by atoms with Gasteiger partial charge >= 0.3 is 92.7 Å². The van der Waals surface area contributed by atoms with Gasteiger partial charge in [-0.25, -0.2) is 0 Å². The predicted molar refractivity (Wildman–Crippen MR) is 345 cm³/mol. The Morgan fingerprint density at radius 1 is 0.288 bits per heavy atom. The van der Waals surface area contributed by atoms with Crippen LogP contribution in [0.15, 0.2) is 243 Å². The van der Waals surface area contributed by atoms with E-state index in [-0.39, 0.29) is 81.0 Å². The Bertz CT molecular complexity index is 2110. The van der Waals surface area contributed by atoms with E-state index in [0.29, 0.717) is 0 Å². The van der Waals surface area contributed by atoms with Gasteiger partial charge in [0.25, 0.3) is 0 Å². The number of alkyl halides is 4. The fourth-order valence-electron chi connectivity index (χ4n) is 6.89. The van der Waals surface area contributed by atoms with E-state index in [9.17, 15) is 0 Å². The topological polar surface area (TPSA) is 0 Å². The number of rotatable bonds is 14. The molecular weight excluding hydrogens is 1200 g/mol. The SMILES string of the molecule is C[Si-](C)C#P.C[Si-](C)C#P.ClCCl.ClCCl.[Mo+2].c1ccc(P(CCP(c2ccccc2)c2ccccc2)c2ccccc2)cc1.c1ccc(P(CCP(c2ccccc2)c2ccccc2)c2ccccc2)cc1. The molecule has 0 heterocycles. The van der Waals surface area contributed by atoms with Crippen LogP contribution in [-0.2, 0) is 21.1 Å². The molecule has 0 aliphatic heterocycles. The third-order valence-corrected chi connectivity index (χ3v) is 24.4. The van der Waals surface area contributed by atoms with Gasteiger partial charge in [-0.1, -0.05) is 243 Å². The summed E-state index contributed by atoms with van der Waals surface area (Å²) >= 11 is 19.1. The van der Waals surface area contributed by atoms with E-state index in [2.05, 4.69) is 297 Å². The quantitative estimate of drug-likeness (QED) is 0.0578. The first kappa shape index (κ1) is 67.3. The summed E-state index contributed by atoms with van der Waals surface area (Å²) in [5.41, 5.74) is 0. The minimum atomic E-state index is -0.348. The molecule has 8 aromatic rings. The van der Waals surface area contributed by atoms with Crippen LogP contribution in [0.25, 0.3) is 0 Å². The summed E-state index contributed by atoms with van der Waals surface area (Å²) < 4.78 is 0. The van der Waals surface area contributed by atoms with Gasteiger partial charge in [-0.3, -0.25) is 0 Å². The van der Waals surface area contributed by atoms with Crippen molar-refractivity contribution in [3.8, 4) is 10.5 Å². The first-order valence-electron chi connectivity index (χ1n) is 23.4. The molecule has 8 aromatic carbocycles. The summed E-state index contributed by atoms with van der Waals surface area (Å²) in [6, 6.07) is 88.4. The zero-order valence-corrected chi connectivity index (χ0v) is 54.3. The number of hydrogen-bond donors (Lipinski definition) is 0. The van der Waals surface area contributed by atoms with Crippen LogP contribution in [0.1, 0.15) is 0 Å². The Morgan fingerprint density at radius 2 is 0.384 bits per heavy atom. The maximum atomic E-state index is 4.76. The summed E-state index contributed by atoms with van der Waals surface area (Å²) in [5, 5.41) is 17.8. The predicted octanol–water partition coefficient (Wildman–Crippen LogP) is 16.6. The zero-order valence-electron chi connectivity index (χ0n) is 41.9. The van der Waals surface area contributed by atoms with Crippen LogP contribution in [0.2, 0.25) is 26.2 Å². The molecule has 0 amide bonds. The molecule has 0 aliphatic rings. The first-order valence-corrected chi connectivity index (χ1v) is 37.5. The van der Waals surface area contributed by atoms with Crippen molar-refractivity contribution in [2.45, 2.75) is 26.2 Å². The third kappa shape index (κ3) is 27.9. The second kappa shape index (κ2) is 43.2. The molecule has 0 bridgehead atoms. The van der Waals surface area contributed by atoms with Gasteiger partial charge in [0.15, 0.2) is 0 Å². The van der Waals surface area contributed by atoms with Crippen LogP contribution < -0.4 is 42.4 Å². The van der Waals surface area contributed by atoms with Crippen molar-refractivity contribution in [1.82, 2.24) is 0 Å². The number of hydrogen-bond acceptors (Lipinski definition) is 0. The fourth-order valence-corrected chi connectivity index (χ4v) is 17.6. The van der Waals surface area contributed by atoms with Gasteiger partial charge < -0.3 is 0 Å². The molecule has 0 fully saturated rings. The van der Waals surface area contributed by atoms with Crippen molar-refractivity contribution in [2.75, 3.05) is 35.3 Å². The summed E-state index contributed by atoms with van der Waals surface area (Å²) in [6.07, 6.45) is 4.83. The number of halogens is 4. The zero-order chi connectivity index (χ0) is 52.0. The monoisotopic (exact) mass is 1260 g/mol. The van der Waals surface area contributed by atoms with Crippen molar-refractivity contribution in [1.29, 1.82) is 0 Å². The summed E-state index contributed by atoms with van der Waals surface area (Å²) in [7, 11) is 5.71. The smallest absolute Gasteiger partial charge is 0.109 e. The van der Waals surface area contributed by atoms with Gasteiger partial charge in [-0.15, -0.1) is 46.4 Å². The Labute approximate surface area is 486 Å².